The maximum absolute atomic E-state index is 5.76. The number of rotatable bonds is 5. The monoisotopic (exact) mass is 815 g/mol. The van der Waals surface area contributed by atoms with Gasteiger partial charge in [0.05, 0.1) is 0 Å². The molecule has 3 nitrogen and oxygen atoms in total. The molecule has 0 fully saturated rings. The standard InChI is InChI=1S/C55H39GeN3/c1-55(2)45-30-16-12-26-39(45)43-34-44-40-27-14-18-32-48(40)59(50(44)35-46(43)55)49-33-19-15-29-42(49)52-51-41-28-13-17-31-47(41)56(37-22-8-4-9-23-37,38-24-10-5-11-25-38)53(51)58-54(57-52)36-20-6-3-7-21-36/h3-35H,1-2H3. The summed E-state index contributed by atoms with van der Waals surface area (Å²) in [7, 11) is 0. The Morgan fingerprint density at radius 1 is 0.458 bits per heavy atom. The molecule has 278 valence electrons. The molecule has 59 heavy (non-hydrogen) atoms. The average Bonchev–Trinajstić information content (AvgIpc) is 3.87. The van der Waals surface area contributed by atoms with E-state index in [0.29, 0.717) is 0 Å². The molecule has 0 spiro atoms. The number of nitrogens with zero attached hydrogens (tertiary/aromatic N) is 3. The Morgan fingerprint density at radius 3 is 1.80 bits per heavy atom. The molecule has 0 bridgehead atoms. The Hall–Kier alpha value is -6.82. The summed E-state index contributed by atoms with van der Waals surface area (Å²) in [6.07, 6.45) is 0. The molecule has 0 saturated carbocycles. The fourth-order valence-corrected chi connectivity index (χ4v) is 21.0. The number of fused-ring (bicyclic) bond motifs is 9. The van der Waals surface area contributed by atoms with E-state index < -0.39 is 13.3 Å². The molecule has 8 aromatic carbocycles. The van der Waals surface area contributed by atoms with Gasteiger partial charge in [-0.3, -0.25) is 0 Å². The predicted molar refractivity (Wildman–Crippen MR) is 247 cm³/mol. The molecule has 2 aliphatic rings. The third-order valence-electron chi connectivity index (χ3n) is 13.1. The molecule has 0 unspecified atom stereocenters. The SMILES string of the molecule is CC1(C)c2ccccc2-c2cc3c4ccccc4n(-c4ccccc4-c4nc(-c5ccccc5)n[c]5c4-c4cccc[c]4[Ge]5([c]4ccccc4)[c]4ccccc4)c3cc21. The molecule has 2 aromatic heterocycles. The van der Waals surface area contributed by atoms with E-state index in [1.807, 2.05) is 0 Å². The fourth-order valence-electron chi connectivity index (χ4n) is 10.5. The van der Waals surface area contributed by atoms with E-state index in [2.05, 4.69) is 219 Å². The topological polar surface area (TPSA) is 30.7 Å². The first-order valence-electron chi connectivity index (χ1n) is 20.5. The van der Waals surface area contributed by atoms with Crippen LogP contribution in [-0.2, 0) is 5.41 Å². The van der Waals surface area contributed by atoms with Crippen LogP contribution >= 0.6 is 0 Å². The predicted octanol–water partition coefficient (Wildman–Crippen LogP) is 10.6. The van der Waals surface area contributed by atoms with Crippen LogP contribution in [0.3, 0.4) is 0 Å². The molecule has 0 amide bonds. The summed E-state index contributed by atoms with van der Waals surface area (Å²) < 4.78 is 7.80. The summed E-state index contributed by atoms with van der Waals surface area (Å²) >= 11 is -3.73. The summed E-state index contributed by atoms with van der Waals surface area (Å²) in [6, 6.07) is 73.7. The Balaban J connectivity index is 1.21. The minimum absolute atomic E-state index is 0.132. The van der Waals surface area contributed by atoms with Crippen LogP contribution in [0.25, 0.3) is 72.4 Å². The van der Waals surface area contributed by atoms with Crippen LogP contribution in [0.15, 0.2) is 200 Å². The van der Waals surface area contributed by atoms with Gasteiger partial charge in [-0.1, -0.05) is 12.1 Å². The quantitative estimate of drug-likeness (QED) is 0.162. The normalized spacial score (nSPS) is 14.2. The van der Waals surface area contributed by atoms with Gasteiger partial charge in [0.1, 0.15) is 0 Å². The van der Waals surface area contributed by atoms with E-state index in [1.165, 1.54) is 67.3 Å². The molecule has 0 atom stereocenters. The summed E-state index contributed by atoms with van der Waals surface area (Å²) in [5.41, 5.74) is 14.2. The zero-order chi connectivity index (χ0) is 39.3. The summed E-state index contributed by atoms with van der Waals surface area (Å²) in [4.78, 5) is 11.4. The molecule has 3 heterocycles. The summed E-state index contributed by atoms with van der Waals surface area (Å²) in [6.45, 7) is 4.74. The van der Waals surface area contributed by atoms with Crippen molar-refractivity contribution < 1.29 is 0 Å². The van der Waals surface area contributed by atoms with E-state index in [0.717, 1.165) is 33.9 Å². The van der Waals surface area contributed by atoms with Crippen LogP contribution < -0.4 is 17.7 Å². The van der Waals surface area contributed by atoms with Crippen molar-refractivity contribution in [3.63, 3.8) is 0 Å². The van der Waals surface area contributed by atoms with Gasteiger partial charge < -0.3 is 0 Å². The van der Waals surface area contributed by atoms with E-state index >= 15 is 0 Å². The molecule has 1 aliphatic heterocycles. The van der Waals surface area contributed by atoms with Crippen molar-refractivity contribution in [2.45, 2.75) is 19.3 Å². The third kappa shape index (κ3) is 4.77. The molecule has 12 rings (SSSR count). The van der Waals surface area contributed by atoms with Crippen molar-refractivity contribution >= 4 is 52.8 Å². The molecule has 0 saturated heterocycles. The van der Waals surface area contributed by atoms with E-state index in [-0.39, 0.29) is 5.41 Å². The molecular weight excluding hydrogens is 775 g/mol. The van der Waals surface area contributed by atoms with Crippen LogP contribution in [0.2, 0.25) is 0 Å². The molecular formula is C55H39GeN3. The Bertz CT molecular complexity index is 3250. The number of hydrogen-bond acceptors (Lipinski definition) is 2. The number of para-hydroxylation sites is 2. The van der Waals surface area contributed by atoms with Crippen LogP contribution in [0.4, 0.5) is 0 Å². The molecule has 10 aromatic rings. The van der Waals surface area contributed by atoms with Crippen molar-refractivity contribution in [2.75, 3.05) is 0 Å². The molecule has 0 N–H and O–H groups in total. The van der Waals surface area contributed by atoms with Gasteiger partial charge in [-0.25, -0.2) is 0 Å². The van der Waals surface area contributed by atoms with Crippen molar-refractivity contribution in [3.8, 4) is 50.6 Å². The zero-order valence-electron chi connectivity index (χ0n) is 32.9. The van der Waals surface area contributed by atoms with Crippen LogP contribution in [0.5, 0.6) is 0 Å². The third-order valence-corrected chi connectivity index (χ3v) is 23.0. The van der Waals surface area contributed by atoms with Gasteiger partial charge in [0.2, 0.25) is 0 Å². The van der Waals surface area contributed by atoms with Crippen molar-refractivity contribution in [2.24, 2.45) is 0 Å². The first-order valence-corrected chi connectivity index (χ1v) is 24.7. The van der Waals surface area contributed by atoms with Crippen molar-refractivity contribution in [1.29, 1.82) is 0 Å². The van der Waals surface area contributed by atoms with Gasteiger partial charge in [0.25, 0.3) is 0 Å². The second kappa shape index (κ2) is 12.8. The Labute approximate surface area is 346 Å². The van der Waals surface area contributed by atoms with Crippen LogP contribution in [0, 0.1) is 0 Å². The van der Waals surface area contributed by atoms with Crippen LogP contribution in [-0.4, -0.2) is 27.8 Å². The van der Waals surface area contributed by atoms with Crippen molar-refractivity contribution in [3.05, 3.63) is 211 Å². The first-order chi connectivity index (χ1) is 29.0. The number of aromatic nitrogens is 3. The number of benzene rings is 8. The number of hydrogen-bond donors (Lipinski definition) is 0. The molecule has 1 aliphatic carbocycles. The first kappa shape index (κ1) is 34.2. The average molecular weight is 815 g/mol. The van der Waals surface area contributed by atoms with E-state index in [1.54, 1.807) is 0 Å². The zero-order valence-corrected chi connectivity index (χ0v) is 35.0. The van der Waals surface area contributed by atoms with Gasteiger partial charge in [0.15, 0.2) is 0 Å². The van der Waals surface area contributed by atoms with Gasteiger partial charge in [-0.15, -0.1) is 0 Å². The summed E-state index contributed by atoms with van der Waals surface area (Å²) in [5, 5.41) is 2.50. The van der Waals surface area contributed by atoms with Crippen molar-refractivity contribution in [1.82, 2.24) is 14.5 Å². The van der Waals surface area contributed by atoms with Gasteiger partial charge in [-0.2, -0.15) is 0 Å². The van der Waals surface area contributed by atoms with Gasteiger partial charge >= 0.3 is 336 Å². The second-order valence-corrected chi connectivity index (χ2v) is 24.2. The Morgan fingerprint density at radius 2 is 1.05 bits per heavy atom. The van der Waals surface area contributed by atoms with Gasteiger partial charge in [-0.05, 0) is 0 Å². The maximum atomic E-state index is 5.76. The van der Waals surface area contributed by atoms with Crippen LogP contribution in [0.1, 0.15) is 25.0 Å². The second-order valence-electron chi connectivity index (χ2n) is 16.5. The minimum atomic E-state index is -3.73. The molecule has 0 radical (unpaired) electrons. The fraction of sp³-hybridized carbons (Fsp3) is 0.0545. The van der Waals surface area contributed by atoms with E-state index in [9.17, 15) is 0 Å². The summed E-state index contributed by atoms with van der Waals surface area (Å²) in [5.74, 6) is 0.753. The Kier molecular flexibility index (Phi) is 7.45. The molecule has 4 heteroatoms. The van der Waals surface area contributed by atoms with E-state index in [4.69, 9.17) is 9.97 Å². The van der Waals surface area contributed by atoms with Gasteiger partial charge in [0, 0.05) is 0 Å².